The van der Waals surface area contributed by atoms with Gasteiger partial charge >= 0.3 is 0 Å². The van der Waals surface area contributed by atoms with Crippen LogP contribution in [0.3, 0.4) is 0 Å². The number of hydrogen-bond donors (Lipinski definition) is 1. The maximum Gasteiger partial charge on any atom is 0.193 e. The number of rotatable bonds is 9. The molecule has 0 saturated carbocycles. The second-order valence-corrected chi connectivity index (χ2v) is 7.00. The van der Waals surface area contributed by atoms with Gasteiger partial charge in [-0.05, 0) is 50.8 Å². The second kappa shape index (κ2) is 10.4. The van der Waals surface area contributed by atoms with Crippen LogP contribution in [0.15, 0.2) is 17.4 Å². The number of hydrogen-bond acceptors (Lipinski definition) is 3. The molecule has 1 aliphatic heterocycles. The van der Waals surface area contributed by atoms with Crippen molar-refractivity contribution >= 4 is 5.96 Å². The molecule has 1 fully saturated rings. The quantitative estimate of drug-likeness (QED) is 0.548. The average Bonchev–Trinajstić information content (AvgIpc) is 3.22. The lowest BCUT2D eigenvalue weighted by Crippen LogP contribution is -2.40. The predicted molar refractivity (Wildman–Crippen MR) is 105 cm³/mol. The van der Waals surface area contributed by atoms with E-state index in [0.29, 0.717) is 5.92 Å². The van der Waals surface area contributed by atoms with E-state index in [0.717, 1.165) is 51.6 Å². The second-order valence-electron chi connectivity index (χ2n) is 7.00. The lowest BCUT2D eigenvalue weighted by molar-refractivity contribution is 0.296. The van der Waals surface area contributed by atoms with Crippen molar-refractivity contribution in [1.82, 2.24) is 24.9 Å². The van der Waals surface area contributed by atoms with E-state index in [1.54, 1.807) is 0 Å². The summed E-state index contributed by atoms with van der Waals surface area (Å²) in [5, 5.41) is 7.76. The molecule has 25 heavy (non-hydrogen) atoms. The van der Waals surface area contributed by atoms with Gasteiger partial charge in [-0.3, -0.25) is 9.67 Å². The van der Waals surface area contributed by atoms with Crippen LogP contribution in [0.25, 0.3) is 0 Å². The van der Waals surface area contributed by atoms with Crippen LogP contribution in [-0.4, -0.2) is 71.4 Å². The zero-order valence-electron chi connectivity index (χ0n) is 16.5. The Bertz CT molecular complexity index is 524. The molecular formula is C19H36N6. The largest absolute Gasteiger partial charge is 0.357 e. The molecule has 0 bridgehead atoms. The first kappa shape index (κ1) is 19.8. The van der Waals surface area contributed by atoms with Crippen LogP contribution in [0.1, 0.15) is 39.2 Å². The molecule has 1 N–H and O–H groups in total. The zero-order valence-corrected chi connectivity index (χ0v) is 16.5. The summed E-state index contributed by atoms with van der Waals surface area (Å²) in [5.41, 5.74) is 1.34. The predicted octanol–water partition coefficient (Wildman–Crippen LogP) is 1.98. The van der Waals surface area contributed by atoms with Crippen LogP contribution in [0.4, 0.5) is 0 Å². The van der Waals surface area contributed by atoms with Crippen LogP contribution in [-0.2, 0) is 13.5 Å². The number of aromatic nitrogens is 2. The summed E-state index contributed by atoms with van der Waals surface area (Å²) in [6, 6.07) is 0. The molecule has 0 amide bonds. The smallest absolute Gasteiger partial charge is 0.193 e. The molecule has 0 radical (unpaired) electrons. The van der Waals surface area contributed by atoms with Crippen molar-refractivity contribution in [2.24, 2.45) is 18.0 Å². The van der Waals surface area contributed by atoms with Gasteiger partial charge in [-0.25, -0.2) is 0 Å². The molecule has 1 unspecified atom stereocenters. The lowest BCUT2D eigenvalue weighted by Gasteiger charge is -2.23. The highest BCUT2D eigenvalue weighted by Gasteiger charge is 2.25. The molecule has 1 aromatic rings. The van der Waals surface area contributed by atoms with Crippen molar-refractivity contribution in [3.63, 3.8) is 0 Å². The van der Waals surface area contributed by atoms with E-state index in [9.17, 15) is 0 Å². The Morgan fingerprint density at radius 3 is 2.84 bits per heavy atom. The highest BCUT2D eigenvalue weighted by Crippen LogP contribution is 2.20. The zero-order chi connectivity index (χ0) is 18.1. The fraction of sp³-hybridized carbons (Fsp3) is 0.789. The Labute approximate surface area is 153 Å². The lowest BCUT2D eigenvalue weighted by atomic mass is 10.0. The van der Waals surface area contributed by atoms with Crippen LogP contribution in [0.5, 0.6) is 0 Å². The number of nitrogens with zero attached hydrogens (tertiary/aromatic N) is 5. The SMILES string of the molecule is CCCN(CC)CCN=C(NCC)N1CCC(Cc2cnn(C)c2)C1. The van der Waals surface area contributed by atoms with E-state index in [4.69, 9.17) is 4.99 Å². The van der Waals surface area contributed by atoms with Crippen molar-refractivity contribution in [2.45, 2.75) is 40.0 Å². The first-order chi connectivity index (χ1) is 12.2. The Morgan fingerprint density at radius 2 is 2.20 bits per heavy atom. The Kier molecular flexibility index (Phi) is 8.25. The summed E-state index contributed by atoms with van der Waals surface area (Å²) < 4.78 is 1.89. The third-order valence-electron chi connectivity index (χ3n) is 4.87. The Balaban J connectivity index is 1.85. The molecule has 1 aromatic heterocycles. The highest BCUT2D eigenvalue weighted by molar-refractivity contribution is 5.80. The summed E-state index contributed by atoms with van der Waals surface area (Å²) >= 11 is 0. The Hall–Kier alpha value is -1.56. The van der Waals surface area contributed by atoms with Gasteiger partial charge in [0.05, 0.1) is 12.7 Å². The first-order valence-electron chi connectivity index (χ1n) is 9.89. The fourth-order valence-electron chi connectivity index (χ4n) is 3.57. The molecule has 6 heteroatoms. The van der Waals surface area contributed by atoms with E-state index < -0.39 is 0 Å². The molecular weight excluding hydrogens is 312 g/mol. The number of guanidine groups is 1. The minimum absolute atomic E-state index is 0.695. The normalized spacial score (nSPS) is 18.4. The van der Waals surface area contributed by atoms with Gasteiger partial charge in [-0.1, -0.05) is 13.8 Å². The molecule has 0 spiro atoms. The van der Waals surface area contributed by atoms with E-state index >= 15 is 0 Å². The van der Waals surface area contributed by atoms with Gasteiger partial charge in [0.2, 0.25) is 0 Å². The van der Waals surface area contributed by atoms with E-state index in [-0.39, 0.29) is 0 Å². The van der Waals surface area contributed by atoms with Crippen LogP contribution in [0, 0.1) is 5.92 Å². The topological polar surface area (TPSA) is 48.7 Å². The van der Waals surface area contributed by atoms with E-state index in [1.165, 1.54) is 24.9 Å². The first-order valence-corrected chi connectivity index (χ1v) is 9.89. The van der Waals surface area contributed by atoms with Gasteiger partial charge in [0.25, 0.3) is 0 Å². The molecule has 2 rings (SSSR count). The van der Waals surface area contributed by atoms with Gasteiger partial charge in [-0.2, -0.15) is 5.10 Å². The molecule has 0 aliphatic carbocycles. The average molecular weight is 349 g/mol. The molecule has 2 heterocycles. The molecule has 6 nitrogen and oxygen atoms in total. The summed E-state index contributed by atoms with van der Waals surface area (Å²) in [6.07, 6.45) is 7.68. The van der Waals surface area contributed by atoms with Crippen LogP contribution in [0.2, 0.25) is 0 Å². The monoisotopic (exact) mass is 348 g/mol. The third-order valence-corrected chi connectivity index (χ3v) is 4.87. The van der Waals surface area contributed by atoms with Crippen LogP contribution < -0.4 is 5.32 Å². The maximum atomic E-state index is 4.88. The molecule has 0 aromatic carbocycles. The van der Waals surface area contributed by atoms with Gasteiger partial charge < -0.3 is 15.1 Å². The summed E-state index contributed by atoms with van der Waals surface area (Å²) in [5.74, 6) is 1.78. The number of likely N-dealkylation sites (N-methyl/N-ethyl adjacent to an activating group) is 1. The van der Waals surface area contributed by atoms with Crippen LogP contribution >= 0.6 is 0 Å². The van der Waals surface area contributed by atoms with Crippen molar-refractivity contribution in [3.8, 4) is 0 Å². The van der Waals surface area contributed by atoms with Crippen molar-refractivity contribution in [1.29, 1.82) is 0 Å². The number of aliphatic imine (C=N–C) groups is 1. The van der Waals surface area contributed by atoms with Crippen molar-refractivity contribution < 1.29 is 0 Å². The van der Waals surface area contributed by atoms with Gasteiger partial charge in [0.1, 0.15) is 0 Å². The van der Waals surface area contributed by atoms with E-state index in [1.807, 2.05) is 17.9 Å². The van der Waals surface area contributed by atoms with E-state index in [2.05, 4.69) is 47.2 Å². The fourth-order valence-corrected chi connectivity index (χ4v) is 3.57. The molecule has 142 valence electrons. The standard InChI is InChI=1S/C19H36N6/c1-5-10-24(7-3)12-9-21-19(20-6-2)25-11-8-17(16-25)13-18-14-22-23(4)15-18/h14-15,17H,5-13,16H2,1-4H3,(H,20,21). The molecule has 1 atom stereocenters. The minimum atomic E-state index is 0.695. The summed E-state index contributed by atoms with van der Waals surface area (Å²) in [4.78, 5) is 9.79. The van der Waals surface area contributed by atoms with Gasteiger partial charge in [0.15, 0.2) is 5.96 Å². The molecule has 1 aliphatic rings. The highest BCUT2D eigenvalue weighted by atomic mass is 15.3. The number of nitrogens with one attached hydrogen (secondary N) is 1. The maximum absolute atomic E-state index is 4.88. The number of likely N-dealkylation sites (tertiary alicyclic amines) is 1. The minimum Gasteiger partial charge on any atom is -0.357 e. The summed E-state index contributed by atoms with van der Waals surface area (Å²) in [6.45, 7) is 13.9. The molecule has 1 saturated heterocycles. The van der Waals surface area contributed by atoms with Gasteiger partial charge in [-0.15, -0.1) is 0 Å². The summed E-state index contributed by atoms with van der Waals surface area (Å²) in [7, 11) is 1.98. The van der Waals surface area contributed by atoms with Crippen molar-refractivity contribution in [3.05, 3.63) is 18.0 Å². The Morgan fingerprint density at radius 1 is 1.36 bits per heavy atom. The van der Waals surface area contributed by atoms with Gasteiger partial charge in [0, 0.05) is 39.4 Å². The number of aryl methyl sites for hydroxylation is 1. The third kappa shape index (κ3) is 6.34. The van der Waals surface area contributed by atoms with Crippen molar-refractivity contribution in [2.75, 3.05) is 45.8 Å².